The van der Waals surface area contributed by atoms with Crippen LogP contribution in [0.3, 0.4) is 0 Å². The number of urea groups is 1. The van der Waals surface area contributed by atoms with E-state index in [-0.39, 0.29) is 6.03 Å². The predicted molar refractivity (Wildman–Crippen MR) is 82.4 cm³/mol. The summed E-state index contributed by atoms with van der Waals surface area (Å²) in [6.07, 6.45) is 5.51. The highest BCUT2D eigenvalue weighted by atomic mass is 16.5. The predicted octanol–water partition coefficient (Wildman–Crippen LogP) is 1.47. The zero-order valence-corrected chi connectivity index (χ0v) is 12.4. The largest absolute Gasteiger partial charge is 0.378 e. The number of benzene rings is 1. The Labute approximate surface area is 129 Å². The second-order valence-corrected chi connectivity index (χ2v) is 5.31. The Bertz CT molecular complexity index is 606. The molecule has 1 N–H and O–H groups in total. The highest BCUT2D eigenvalue weighted by Gasteiger charge is 2.15. The summed E-state index contributed by atoms with van der Waals surface area (Å²) in [7, 11) is 0. The van der Waals surface area contributed by atoms with E-state index in [1.54, 1.807) is 17.4 Å². The molecular formula is C16H20N4O2. The molecule has 0 saturated carbocycles. The first kappa shape index (κ1) is 14.6. The van der Waals surface area contributed by atoms with E-state index in [4.69, 9.17) is 4.74 Å². The fraction of sp³-hybridized carbons (Fsp3) is 0.375. The van der Waals surface area contributed by atoms with Crippen molar-refractivity contribution in [3.63, 3.8) is 0 Å². The van der Waals surface area contributed by atoms with Crippen LogP contribution in [0.4, 0.5) is 4.79 Å². The van der Waals surface area contributed by atoms with Crippen molar-refractivity contribution in [2.75, 3.05) is 26.3 Å². The number of aromatic nitrogens is 2. The summed E-state index contributed by atoms with van der Waals surface area (Å²) < 4.78 is 7.27. The Balaban J connectivity index is 1.54. The summed E-state index contributed by atoms with van der Waals surface area (Å²) in [5.41, 5.74) is 2.29. The Morgan fingerprint density at radius 3 is 2.86 bits per heavy atom. The van der Waals surface area contributed by atoms with E-state index in [1.807, 2.05) is 22.9 Å². The van der Waals surface area contributed by atoms with Crippen molar-refractivity contribution >= 4 is 6.03 Å². The molecule has 0 bridgehead atoms. The van der Waals surface area contributed by atoms with Gasteiger partial charge in [-0.3, -0.25) is 0 Å². The third-order valence-electron chi connectivity index (χ3n) is 3.66. The van der Waals surface area contributed by atoms with Gasteiger partial charge in [-0.2, -0.15) is 0 Å². The van der Waals surface area contributed by atoms with Crippen molar-refractivity contribution in [2.45, 2.75) is 13.1 Å². The molecule has 1 aromatic heterocycles. The number of ether oxygens (including phenoxy) is 1. The molecule has 2 amide bonds. The van der Waals surface area contributed by atoms with Gasteiger partial charge in [0.15, 0.2) is 0 Å². The third-order valence-corrected chi connectivity index (χ3v) is 3.66. The van der Waals surface area contributed by atoms with Gasteiger partial charge in [0.2, 0.25) is 0 Å². The van der Waals surface area contributed by atoms with Gasteiger partial charge in [-0.15, -0.1) is 0 Å². The van der Waals surface area contributed by atoms with Crippen LogP contribution in [0.15, 0.2) is 43.0 Å². The maximum Gasteiger partial charge on any atom is 0.317 e. The van der Waals surface area contributed by atoms with Crippen molar-refractivity contribution in [3.05, 3.63) is 54.1 Å². The average molecular weight is 300 g/mol. The lowest BCUT2D eigenvalue weighted by molar-refractivity contribution is 0.0531. The number of hydrogen-bond donors (Lipinski definition) is 1. The molecule has 1 aliphatic heterocycles. The Hall–Kier alpha value is -2.34. The topological polar surface area (TPSA) is 59.4 Å². The van der Waals surface area contributed by atoms with Crippen LogP contribution in [0.1, 0.15) is 11.1 Å². The molecule has 22 heavy (non-hydrogen) atoms. The van der Waals surface area contributed by atoms with E-state index >= 15 is 0 Å². The molecule has 1 fully saturated rings. The molecule has 0 radical (unpaired) electrons. The van der Waals surface area contributed by atoms with Crippen molar-refractivity contribution in [2.24, 2.45) is 0 Å². The Kier molecular flexibility index (Phi) is 4.70. The van der Waals surface area contributed by atoms with Gasteiger partial charge in [0.05, 0.1) is 19.5 Å². The summed E-state index contributed by atoms with van der Waals surface area (Å²) in [6.45, 7) is 3.87. The molecule has 1 aliphatic rings. The highest BCUT2D eigenvalue weighted by molar-refractivity contribution is 5.74. The molecule has 3 rings (SSSR count). The van der Waals surface area contributed by atoms with Gasteiger partial charge < -0.3 is 19.5 Å². The van der Waals surface area contributed by atoms with E-state index < -0.39 is 0 Å². The number of morpholine rings is 1. The zero-order chi connectivity index (χ0) is 15.2. The SMILES string of the molecule is O=C(NCc1cccc(Cn2ccnc2)c1)N1CCOCC1. The third kappa shape index (κ3) is 3.85. The summed E-state index contributed by atoms with van der Waals surface area (Å²) in [5.74, 6) is 0. The van der Waals surface area contributed by atoms with Crippen LogP contribution in [-0.4, -0.2) is 46.8 Å². The maximum absolute atomic E-state index is 12.1. The van der Waals surface area contributed by atoms with E-state index in [0.29, 0.717) is 32.8 Å². The van der Waals surface area contributed by atoms with Crippen LogP contribution < -0.4 is 5.32 Å². The van der Waals surface area contributed by atoms with Gasteiger partial charge >= 0.3 is 6.03 Å². The number of imidazole rings is 1. The van der Waals surface area contributed by atoms with Crippen LogP contribution in [0.25, 0.3) is 0 Å². The van der Waals surface area contributed by atoms with E-state index in [9.17, 15) is 4.79 Å². The van der Waals surface area contributed by atoms with Gasteiger partial charge in [0.1, 0.15) is 0 Å². The summed E-state index contributed by atoms with van der Waals surface area (Å²) >= 11 is 0. The summed E-state index contributed by atoms with van der Waals surface area (Å²) in [6, 6.07) is 8.20. The number of nitrogens with one attached hydrogen (secondary N) is 1. The molecular weight excluding hydrogens is 280 g/mol. The van der Waals surface area contributed by atoms with Gasteiger partial charge in [-0.1, -0.05) is 24.3 Å². The number of hydrogen-bond acceptors (Lipinski definition) is 3. The molecule has 0 spiro atoms. The maximum atomic E-state index is 12.1. The number of carbonyl (C=O) groups is 1. The van der Waals surface area contributed by atoms with Crippen LogP contribution in [-0.2, 0) is 17.8 Å². The first-order chi connectivity index (χ1) is 10.8. The minimum atomic E-state index is -0.0247. The molecule has 1 saturated heterocycles. The summed E-state index contributed by atoms with van der Waals surface area (Å²) in [4.78, 5) is 17.9. The standard InChI is InChI=1S/C16H20N4O2/c21-16(20-6-8-22-9-7-20)18-11-14-2-1-3-15(10-14)12-19-5-4-17-13-19/h1-5,10,13H,6-9,11-12H2,(H,18,21). The van der Waals surface area contributed by atoms with Crippen LogP contribution in [0.5, 0.6) is 0 Å². The molecule has 2 aromatic rings. The second kappa shape index (κ2) is 7.09. The van der Waals surface area contributed by atoms with Crippen molar-refractivity contribution in [1.29, 1.82) is 0 Å². The van der Waals surface area contributed by atoms with Crippen molar-refractivity contribution in [3.8, 4) is 0 Å². The van der Waals surface area contributed by atoms with Gasteiger partial charge in [0, 0.05) is 38.6 Å². The monoisotopic (exact) mass is 300 g/mol. The molecule has 0 atom stereocenters. The van der Waals surface area contributed by atoms with Gasteiger partial charge in [0.25, 0.3) is 0 Å². The van der Waals surface area contributed by atoms with E-state index in [0.717, 1.165) is 12.1 Å². The highest BCUT2D eigenvalue weighted by Crippen LogP contribution is 2.08. The zero-order valence-electron chi connectivity index (χ0n) is 12.4. The number of rotatable bonds is 4. The van der Waals surface area contributed by atoms with E-state index in [1.165, 1.54) is 5.56 Å². The molecule has 1 aromatic carbocycles. The molecule has 6 heteroatoms. The summed E-state index contributed by atoms with van der Waals surface area (Å²) in [5, 5.41) is 2.97. The fourth-order valence-corrected chi connectivity index (χ4v) is 2.48. The van der Waals surface area contributed by atoms with Crippen molar-refractivity contribution in [1.82, 2.24) is 19.8 Å². The second-order valence-electron chi connectivity index (χ2n) is 5.31. The quantitative estimate of drug-likeness (QED) is 0.930. The normalized spacial score (nSPS) is 14.8. The van der Waals surface area contributed by atoms with Gasteiger partial charge in [-0.25, -0.2) is 9.78 Å². The lowest BCUT2D eigenvalue weighted by Crippen LogP contribution is -2.45. The lowest BCUT2D eigenvalue weighted by atomic mass is 10.1. The van der Waals surface area contributed by atoms with Gasteiger partial charge in [-0.05, 0) is 11.1 Å². The smallest absolute Gasteiger partial charge is 0.317 e. The number of nitrogens with zero attached hydrogens (tertiary/aromatic N) is 3. The first-order valence-corrected chi connectivity index (χ1v) is 7.45. The molecule has 6 nitrogen and oxygen atoms in total. The lowest BCUT2D eigenvalue weighted by Gasteiger charge is -2.27. The van der Waals surface area contributed by atoms with Crippen molar-refractivity contribution < 1.29 is 9.53 Å². The average Bonchev–Trinajstić information content (AvgIpc) is 3.07. The fourth-order valence-electron chi connectivity index (χ4n) is 2.48. The first-order valence-electron chi connectivity index (χ1n) is 7.45. The number of carbonyl (C=O) groups excluding carboxylic acids is 1. The van der Waals surface area contributed by atoms with Crippen LogP contribution in [0, 0.1) is 0 Å². The van der Waals surface area contributed by atoms with Crippen LogP contribution >= 0.6 is 0 Å². The Morgan fingerprint density at radius 1 is 1.27 bits per heavy atom. The number of amides is 2. The minimum Gasteiger partial charge on any atom is -0.378 e. The molecule has 116 valence electrons. The Morgan fingerprint density at radius 2 is 2.09 bits per heavy atom. The van der Waals surface area contributed by atoms with E-state index in [2.05, 4.69) is 22.4 Å². The molecule has 0 unspecified atom stereocenters. The molecule has 2 heterocycles. The minimum absolute atomic E-state index is 0.0247. The molecule has 0 aliphatic carbocycles. The van der Waals surface area contributed by atoms with Crippen LogP contribution in [0.2, 0.25) is 0 Å².